The van der Waals surface area contributed by atoms with Gasteiger partial charge in [0.05, 0.1) is 11.1 Å². The molecule has 0 radical (unpaired) electrons. The Morgan fingerprint density at radius 2 is 1.55 bits per heavy atom. The molecule has 0 aromatic heterocycles. The van der Waals surface area contributed by atoms with Gasteiger partial charge in [0.25, 0.3) is 5.91 Å². The van der Waals surface area contributed by atoms with Crippen molar-refractivity contribution in [3.05, 3.63) is 95.6 Å². The summed E-state index contributed by atoms with van der Waals surface area (Å²) in [7, 11) is 0. The molecule has 1 atom stereocenters. The molecular weight excluding hydrogens is 382 g/mol. The number of hydrogen-bond donors (Lipinski definition) is 2. The Balaban J connectivity index is 1.82. The van der Waals surface area contributed by atoms with Crippen LogP contribution >= 0.6 is 11.8 Å². The number of nitrogens with one attached hydrogen (secondary N) is 1. The molecule has 3 rings (SSSR count). The summed E-state index contributed by atoms with van der Waals surface area (Å²) < 4.78 is 0. The molecule has 0 bridgehead atoms. The van der Waals surface area contributed by atoms with Crippen LogP contribution in [-0.4, -0.2) is 17.9 Å². The maximum Gasteiger partial charge on any atom is 0.253 e. The zero-order valence-electron chi connectivity index (χ0n) is 15.5. The van der Waals surface area contributed by atoms with Crippen molar-refractivity contribution in [3.8, 4) is 6.07 Å². The lowest BCUT2D eigenvalue weighted by atomic mass is 10.0. The summed E-state index contributed by atoms with van der Waals surface area (Å²) in [6, 6.07) is 25.0. The van der Waals surface area contributed by atoms with Gasteiger partial charge in [0.15, 0.2) is 0 Å². The van der Waals surface area contributed by atoms with E-state index in [1.807, 2.05) is 54.6 Å². The van der Waals surface area contributed by atoms with Gasteiger partial charge < -0.3 is 11.1 Å². The van der Waals surface area contributed by atoms with E-state index in [-0.39, 0.29) is 5.91 Å². The molecular formula is C23H19N3O2S. The van der Waals surface area contributed by atoms with Crippen molar-refractivity contribution in [2.75, 3.05) is 0 Å². The van der Waals surface area contributed by atoms with Crippen LogP contribution in [0.4, 0.5) is 0 Å². The SMILES string of the molecule is N#Cc1ccccc1Sc1ccccc1C(=O)N[C@H](Cc1ccccc1)C(N)=O. The predicted octanol–water partition coefficient (Wildman–Crippen LogP) is 3.54. The summed E-state index contributed by atoms with van der Waals surface area (Å²) in [5.41, 5.74) is 7.38. The quantitative estimate of drug-likeness (QED) is 0.633. The van der Waals surface area contributed by atoms with Gasteiger partial charge in [-0.2, -0.15) is 5.26 Å². The summed E-state index contributed by atoms with van der Waals surface area (Å²) in [5.74, 6) is -0.982. The van der Waals surface area contributed by atoms with Crippen molar-refractivity contribution >= 4 is 23.6 Å². The van der Waals surface area contributed by atoms with Crippen LogP contribution in [0, 0.1) is 11.3 Å². The van der Waals surface area contributed by atoms with Crippen LogP contribution in [0.3, 0.4) is 0 Å². The third-order valence-electron chi connectivity index (χ3n) is 4.29. The van der Waals surface area contributed by atoms with Crippen LogP contribution in [0.5, 0.6) is 0 Å². The largest absolute Gasteiger partial charge is 0.368 e. The molecule has 2 amide bonds. The molecule has 0 aliphatic carbocycles. The fourth-order valence-electron chi connectivity index (χ4n) is 2.82. The number of carbonyl (C=O) groups is 2. The smallest absolute Gasteiger partial charge is 0.253 e. The highest BCUT2D eigenvalue weighted by Crippen LogP contribution is 2.32. The number of carbonyl (C=O) groups excluding carboxylic acids is 2. The fraction of sp³-hybridized carbons (Fsp3) is 0.0870. The lowest BCUT2D eigenvalue weighted by Gasteiger charge is -2.17. The second-order valence-electron chi connectivity index (χ2n) is 6.32. The van der Waals surface area contributed by atoms with E-state index in [0.29, 0.717) is 22.4 Å². The number of amides is 2. The molecule has 0 aliphatic rings. The average molecular weight is 401 g/mol. The Bertz CT molecular complexity index is 1060. The van der Waals surface area contributed by atoms with Crippen molar-refractivity contribution in [1.29, 1.82) is 5.26 Å². The van der Waals surface area contributed by atoms with Gasteiger partial charge in [0.2, 0.25) is 5.91 Å². The van der Waals surface area contributed by atoms with Gasteiger partial charge in [-0.15, -0.1) is 0 Å². The number of primary amides is 1. The van der Waals surface area contributed by atoms with E-state index in [2.05, 4.69) is 11.4 Å². The summed E-state index contributed by atoms with van der Waals surface area (Å²) in [6.45, 7) is 0. The van der Waals surface area contributed by atoms with Crippen molar-refractivity contribution in [3.63, 3.8) is 0 Å². The van der Waals surface area contributed by atoms with Crippen LogP contribution in [0.1, 0.15) is 21.5 Å². The molecule has 0 fully saturated rings. The van der Waals surface area contributed by atoms with Gasteiger partial charge in [0, 0.05) is 16.2 Å². The van der Waals surface area contributed by atoms with Gasteiger partial charge in [0.1, 0.15) is 12.1 Å². The second kappa shape index (κ2) is 9.58. The molecule has 0 aliphatic heterocycles. The van der Waals surface area contributed by atoms with Crippen molar-refractivity contribution in [1.82, 2.24) is 5.32 Å². The third-order valence-corrected chi connectivity index (χ3v) is 5.44. The lowest BCUT2D eigenvalue weighted by Crippen LogP contribution is -2.46. The first-order valence-electron chi connectivity index (χ1n) is 8.98. The van der Waals surface area contributed by atoms with Gasteiger partial charge in [-0.25, -0.2) is 0 Å². The number of nitrogens with two attached hydrogens (primary N) is 1. The Hall–Kier alpha value is -3.56. The van der Waals surface area contributed by atoms with E-state index in [9.17, 15) is 14.9 Å². The summed E-state index contributed by atoms with van der Waals surface area (Å²) in [4.78, 5) is 26.3. The molecule has 3 N–H and O–H groups in total. The third kappa shape index (κ3) is 5.24. The number of nitriles is 1. The molecule has 29 heavy (non-hydrogen) atoms. The van der Waals surface area contributed by atoms with E-state index in [0.717, 1.165) is 10.5 Å². The molecule has 6 heteroatoms. The van der Waals surface area contributed by atoms with Gasteiger partial charge in [-0.05, 0) is 29.8 Å². The first-order valence-corrected chi connectivity index (χ1v) is 9.80. The van der Waals surface area contributed by atoms with E-state index in [1.54, 1.807) is 24.3 Å². The molecule has 0 spiro atoms. The number of hydrogen-bond acceptors (Lipinski definition) is 4. The highest BCUT2D eigenvalue weighted by atomic mass is 32.2. The minimum atomic E-state index is -0.825. The summed E-state index contributed by atoms with van der Waals surface area (Å²) in [6.07, 6.45) is 0.314. The normalized spacial score (nSPS) is 11.3. The Morgan fingerprint density at radius 3 is 2.24 bits per heavy atom. The average Bonchev–Trinajstić information content (AvgIpc) is 2.74. The molecule has 0 saturated heterocycles. The first-order chi connectivity index (χ1) is 14.1. The molecule has 0 unspecified atom stereocenters. The van der Waals surface area contributed by atoms with Crippen LogP contribution in [0.2, 0.25) is 0 Å². The van der Waals surface area contributed by atoms with E-state index < -0.39 is 11.9 Å². The predicted molar refractivity (Wildman–Crippen MR) is 112 cm³/mol. The number of nitrogens with zero attached hydrogens (tertiary/aromatic N) is 1. The second-order valence-corrected chi connectivity index (χ2v) is 7.41. The monoisotopic (exact) mass is 401 g/mol. The first kappa shape index (κ1) is 20.2. The van der Waals surface area contributed by atoms with Gasteiger partial charge in [-0.1, -0.05) is 66.4 Å². The van der Waals surface area contributed by atoms with Crippen LogP contribution in [0.15, 0.2) is 88.7 Å². The molecule has 144 valence electrons. The van der Waals surface area contributed by atoms with Gasteiger partial charge in [-0.3, -0.25) is 9.59 Å². The topological polar surface area (TPSA) is 96.0 Å². The zero-order chi connectivity index (χ0) is 20.6. The van der Waals surface area contributed by atoms with E-state index in [4.69, 9.17) is 5.73 Å². The van der Waals surface area contributed by atoms with Crippen LogP contribution < -0.4 is 11.1 Å². The molecule has 3 aromatic carbocycles. The molecule has 0 saturated carbocycles. The standard InChI is InChI=1S/C23H19N3O2S/c24-15-17-10-4-6-12-20(17)29-21-13-7-5-11-18(21)23(28)26-19(22(25)27)14-16-8-2-1-3-9-16/h1-13,19H,14H2,(H2,25,27)(H,26,28)/t19-/m1/s1. The van der Waals surface area contributed by atoms with Gasteiger partial charge >= 0.3 is 0 Å². The Labute approximate surface area is 173 Å². The lowest BCUT2D eigenvalue weighted by molar-refractivity contribution is -0.119. The fourth-order valence-corrected chi connectivity index (χ4v) is 3.84. The minimum Gasteiger partial charge on any atom is -0.368 e. The van der Waals surface area contributed by atoms with Crippen molar-refractivity contribution in [2.24, 2.45) is 5.73 Å². The summed E-state index contributed by atoms with van der Waals surface area (Å²) >= 11 is 1.33. The van der Waals surface area contributed by atoms with Crippen LogP contribution in [0.25, 0.3) is 0 Å². The maximum atomic E-state index is 12.9. The molecule has 0 heterocycles. The van der Waals surface area contributed by atoms with Crippen molar-refractivity contribution < 1.29 is 9.59 Å². The van der Waals surface area contributed by atoms with E-state index >= 15 is 0 Å². The molecule has 5 nitrogen and oxygen atoms in total. The zero-order valence-corrected chi connectivity index (χ0v) is 16.4. The van der Waals surface area contributed by atoms with Crippen LogP contribution in [-0.2, 0) is 11.2 Å². The Morgan fingerprint density at radius 1 is 0.931 bits per heavy atom. The Kier molecular flexibility index (Phi) is 6.67. The minimum absolute atomic E-state index is 0.314. The maximum absolute atomic E-state index is 12.9. The van der Waals surface area contributed by atoms with E-state index in [1.165, 1.54) is 11.8 Å². The molecule has 3 aromatic rings. The number of rotatable bonds is 7. The summed E-state index contributed by atoms with van der Waals surface area (Å²) in [5, 5.41) is 12.0. The highest BCUT2D eigenvalue weighted by Gasteiger charge is 2.21. The van der Waals surface area contributed by atoms with Crippen molar-refractivity contribution in [2.45, 2.75) is 22.3 Å². The number of benzene rings is 3. The highest BCUT2D eigenvalue weighted by molar-refractivity contribution is 7.99.